The molecule has 2 saturated heterocycles. The lowest BCUT2D eigenvalue weighted by Crippen LogP contribution is -2.34. The Bertz CT molecular complexity index is 667. The van der Waals surface area contributed by atoms with Gasteiger partial charge in [0.15, 0.2) is 5.96 Å². The van der Waals surface area contributed by atoms with E-state index in [0.717, 1.165) is 45.7 Å². The fourth-order valence-electron chi connectivity index (χ4n) is 2.46. The smallest absolute Gasteiger partial charge is 0.320 e. The molecule has 2 aliphatic rings. The van der Waals surface area contributed by atoms with Crippen molar-refractivity contribution in [1.82, 2.24) is 16.0 Å². The lowest BCUT2D eigenvalue weighted by atomic mass is 10.2. The second kappa shape index (κ2) is 24.2. The van der Waals surface area contributed by atoms with Gasteiger partial charge in [0.2, 0.25) is 0 Å². The van der Waals surface area contributed by atoms with Crippen LogP contribution in [0.15, 0.2) is 0 Å². The van der Waals surface area contributed by atoms with E-state index in [-0.39, 0.29) is 24.6 Å². The first-order valence-electron chi connectivity index (χ1n) is 11.3. The number of rotatable bonds is 8. The molecule has 2 fully saturated rings. The Balaban J connectivity index is -0.000000411. The maximum atomic E-state index is 10.2. The summed E-state index contributed by atoms with van der Waals surface area (Å²) in [4.78, 5) is 48.7. The Kier molecular flexibility index (Phi) is 24.8. The molecule has 1 unspecified atom stereocenters. The van der Waals surface area contributed by atoms with Crippen LogP contribution in [-0.2, 0) is 24.0 Å². The minimum atomic E-state index is -1.00. The van der Waals surface area contributed by atoms with Crippen LogP contribution >= 0.6 is 0 Å². The zero-order chi connectivity index (χ0) is 29.4. The molecule has 17 heteroatoms. The third-order valence-electron chi connectivity index (χ3n) is 4.22. The molecular formula is C20H41N7O10. The first-order valence-corrected chi connectivity index (χ1v) is 11.3. The Morgan fingerprint density at radius 3 is 1.51 bits per heavy atom. The number of guanidine groups is 1. The van der Waals surface area contributed by atoms with E-state index in [1.54, 1.807) is 0 Å². The second-order valence-corrected chi connectivity index (χ2v) is 7.52. The number of aliphatic carboxylic acids is 5. The summed E-state index contributed by atoms with van der Waals surface area (Å²) in [6.45, 7) is 3.00. The van der Waals surface area contributed by atoms with Gasteiger partial charge in [0.05, 0.1) is 6.54 Å². The van der Waals surface area contributed by atoms with Gasteiger partial charge in [-0.2, -0.15) is 0 Å². The molecule has 0 spiro atoms. The van der Waals surface area contributed by atoms with E-state index >= 15 is 0 Å². The summed E-state index contributed by atoms with van der Waals surface area (Å²) >= 11 is 0. The van der Waals surface area contributed by atoms with Crippen molar-refractivity contribution in [3.63, 3.8) is 0 Å². The average molecular weight is 540 g/mol. The highest BCUT2D eigenvalue weighted by atomic mass is 16.4. The van der Waals surface area contributed by atoms with Crippen LogP contribution in [-0.4, -0.2) is 106 Å². The van der Waals surface area contributed by atoms with Crippen molar-refractivity contribution in [2.45, 2.75) is 63.6 Å². The number of hydrogen-bond donors (Lipinski definition) is 12. The Hall–Kier alpha value is -3.54. The zero-order valence-electron chi connectivity index (χ0n) is 20.8. The van der Waals surface area contributed by atoms with Gasteiger partial charge in [-0.1, -0.05) is 0 Å². The Labute approximate surface area is 214 Å². The first kappa shape index (κ1) is 38.0. The van der Waals surface area contributed by atoms with Gasteiger partial charge in [-0.05, 0) is 51.6 Å². The van der Waals surface area contributed by atoms with Crippen LogP contribution in [0, 0.1) is 5.41 Å². The molecular weight excluding hydrogens is 498 g/mol. The van der Waals surface area contributed by atoms with E-state index in [1.807, 2.05) is 0 Å². The summed E-state index contributed by atoms with van der Waals surface area (Å²) < 4.78 is 0. The summed E-state index contributed by atoms with van der Waals surface area (Å²) in [6, 6.07) is -1.36. The highest BCUT2D eigenvalue weighted by molar-refractivity contribution is 5.75. The highest BCUT2D eigenvalue weighted by Gasteiger charge is 2.20. The van der Waals surface area contributed by atoms with Crippen LogP contribution in [0.4, 0.5) is 0 Å². The monoisotopic (exact) mass is 539 g/mol. The minimum absolute atomic E-state index is 0.112. The molecule has 17 nitrogen and oxygen atoms in total. The molecule has 0 bridgehead atoms. The maximum absolute atomic E-state index is 10.2. The number of nitrogens with two attached hydrogens (primary N) is 3. The summed E-state index contributed by atoms with van der Waals surface area (Å²) in [7, 11) is 0. The summed E-state index contributed by atoms with van der Waals surface area (Å²) in [5.74, 6) is -4.35. The molecule has 0 radical (unpaired) electrons. The van der Waals surface area contributed by atoms with Gasteiger partial charge in [0.25, 0.3) is 5.97 Å². The largest absolute Gasteiger partial charge is 0.481 e. The highest BCUT2D eigenvalue weighted by Crippen LogP contribution is 2.04. The molecule has 0 aromatic rings. The number of carboxylic acids is 5. The van der Waals surface area contributed by atoms with Gasteiger partial charge in [-0.3, -0.25) is 29.4 Å². The predicted octanol–water partition coefficient (Wildman–Crippen LogP) is -2.57. The SMILES string of the molecule is CC(=O)O.N=C(N)NCCCC(N)C(=O)O.NCC(=O)O.O=C(O)[C@@H]1CCCN1.O=C(O)[C@@H]1CCCN1. The number of nitrogens with one attached hydrogen (secondary N) is 4. The van der Waals surface area contributed by atoms with Crippen molar-refractivity contribution in [2.24, 2.45) is 17.2 Å². The quantitative estimate of drug-likeness (QED) is 0.0855. The van der Waals surface area contributed by atoms with E-state index in [0.29, 0.717) is 19.4 Å². The van der Waals surface area contributed by atoms with Gasteiger partial charge in [-0.25, -0.2) is 0 Å². The molecule has 0 aliphatic carbocycles. The number of hydrogen-bond acceptors (Lipinski definition) is 10. The van der Waals surface area contributed by atoms with Gasteiger partial charge in [0, 0.05) is 13.5 Å². The summed E-state index contributed by atoms with van der Waals surface area (Å²) in [6.07, 6.45) is 4.54. The van der Waals surface area contributed by atoms with Crippen LogP contribution in [0.3, 0.4) is 0 Å². The molecule has 15 N–H and O–H groups in total. The van der Waals surface area contributed by atoms with Crippen molar-refractivity contribution < 1.29 is 49.5 Å². The molecule has 2 aliphatic heterocycles. The first-order chi connectivity index (χ1) is 17.1. The van der Waals surface area contributed by atoms with Crippen LogP contribution in [0.2, 0.25) is 0 Å². The fourth-order valence-corrected chi connectivity index (χ4v) is 2.46. The average Bonchev–Trinajstić information content (AvgIpc) is 3.52. The molecule has 0 saturated carbocycles. The van der Waals surface area contributed by atoms with E-state index in [4.69, 9.17) is 47.2 Å². The van der Waals surface area contributed by atoms with E-state index in [2.05, 4.69) is 21.7 Å². The van der Waals surface area contributed by atoms with Gasteiger partial charge in [-0.15, -0.1) is 0 Å². The standard InChI is InChI=1S/C6H14N4O2.2C5H9NO2.C2H5NO2.C2H4O2/c7-4(5(11)12)2-1-3-10-6(8)9;2*7-5(8)4-2-1-3-6-4;3-1-2(4)5;1-2(3)4/h4H,1-3,7H2,(H,11,12)(H4,8,9,10);2*4,6H,1-3H2,(H,7,8);1,3H2,(H,4,5);1H3,(H,3,4)/t;2*4-;;/m.00../s1. The molecule has 216 valence electrons. The minimum Gasteiger partial charge on any atom is -0.481 e. The lowest BCUT2D eigenvalue weighted by Gasteiger charge is -2.06. The maximum Gasteiger partial charge on any atom is 0.320 e. The van der Waals surface area contributed by atoms with E-state index in [9.17, 15) is 19.2 Å². The molecule has 2 rings (SSSR count). The van der Waals surface area contributed by atoms with Gasteiger partial charge < -0.3 is 58.7 Å². The normalized spacial score (nSPS) is 17.8. The third kappa shape index (κ3) is 30.4. The van der Waals surface area contributed by atoms with Crippen LogP contribution < -0.4 is 33.2 Å². The third-order valence-corrected chi connectivity index (χ3v) is 4.22. The number of carboxylic acid groups (broad SMARTS) is 5. The summed E-state index contributed by atoms with van der Waals surface area (Å²) in [5.41, 5.74) is 14.8. The zero-order valence-corrected chi connectivity index (χ0v) is 20.8. The van der Waals surface area contributed by atoms with Crippen molar-refractivity contribution >= 4 is 35.8 Å². The molecule has 37 heavy (non-hydrogen) atoms. The lowest BCUT2D eigenvalue weighted by molar-refractivity contribution is -0.140. The van der Waals surface area contributed by atoms with Crippen molar-refractivity contribution in [3.8, 4) is 0 Å². The molecule has 0 amide bonds. The van der Waals surface area contributed by atoms with Gasteiger partial charge in [0.1, 0.15) is 18.1 Å². The second-order valence-electron chi connectivity index (χ2n) is 7.52. The van der Waals surface area contributed by atoms with Crippen LogP contribution in [0.1, 0.15) is 45.4 Å². The van der Waals surface area contributed by atoms with Crippen molar-refractivity contribution in [3.05, 3.63) is 0 Å². The van der Waals surface area contributed by atoms with Gasteiger partial charge >= 0.3 is 23.9 Å². The van der Waals surface area contributed by atoms with Crippen molar-refractivity contribution in [2.75, 3.05) is 26.2 Å². The molecule has 2 heterocycles. The topological polar surface area (TPSA) is 324 Å². The van der Waals surface area contributed by atoms with E-state index in [1.165, 1.54) is 0 Å². The number of carbonyl (C=O) groups is 5. The summed E-state index contributed by atoms with van der Waals surface area (Å²) in [5, 5.41) is 55.1. The van der Waals surface area contributed by atoms with E-state index < -0.39 is 35.9 Å². The molecule has 0 aromatic heterocycles. The molecule has 0 aromatic carbocycles. The van der Waals surface area contributed by atoms with Crippen molar-refractivity contribution in [1.29, 1.82) is 5.41 Å². The predicted molar refractivity (Wildman–Crippen MR) is 132 cm³/mol. The Morgan fingerprint density at radius 1 is 0.946 bits per heavy atom. The van der Waals surface area contributed by atoms with Crippen LogP contribution in [0.25, 0.3) is 0 Å². The molecule has 3 atom stereocenters. The van der Waals surface area contributed by atoms with Crippen LogP contribution in [0.5, 0.6) is 0 Å². The Morgan fingerprint density at radius 2 is 1.32 bits per heavy atom. The fraction of sp³-hybridized carbons (Fsp3) is 0.700.